The summed E-state index contributed by atoms with van der Waals surface area (Å²) < 4.78 is 0. The topological polar surface area (TPSA) is 47.3 Å². The molecule has 4 atom stereocenters. The first-order chi connectivity index (χ1) is 11.8. The van der Waals surface area contributed by atoms with Gasteiger partial charge in [0.2, 0.25) is 0 Å². The molecule has 2 fully saturated rings. The van der Waals surface area contributed by atoms with Crippen molar-refractivity contribution in [3.05, 3.63) is 71.8 Å². The fraction of sp³-hybridized carbons (Fsp3) is 0.381. The Morgan fingerprint density at radius 3 is 2.38 bits per heavy atom. The predicted molar refractivity (Wildman–Crippen MR) is 92.9 cm³/mol. The third kappa shape index (κ3) is 2.26. The molecule has 2 aliphatic rings. The van der Waals surface area contributed by atoms with Gasteiger partial charge >= 0.3 is 0 Å². The van der Waals surface area contributed by atoms with Crippen molar-refractivity contribution >= 4 is 0 Å². The fourth-order valence-corrected chi connectivity index (χ4v) is 4.73. The molecule has 3 nitrogen and oxygen atoms in total. The van der Waals surface area contributed by atoms with Crippen molar-refractivity contribution in [2.45, 2.75) is 43.5 Å². The number of hydrogen-bond acceptors (Lipinski definition) is 3. The van der Waals surface area contributed by atoms with E-state index in [1.54, 1.807) is 0 Å². The molecule has 2 aromatic carbocycles. The van der Waals surface area contributed by atoms with E-state index in [9.17, 15) is 10.4 Å². The van der Waals surface area contributed by atoms with Gasteiger partial charge in [-0.05, 0) is 30.4 Å². The number of rotatable bonds is 3. The number of benzene rings is 2. The molecular formula is C21H22N2O. The second-order valence-corrected chi connectivity index (χ2v) is 7.00. The van der Waals surface area contributed by atoms with Gasteiger partial charge in [-0.15, -0.1) is 0 Å². The normalized spacial score (nSPS) is 32.4. The first kappa shape index (κ1) is 15.4. The number of nitriles is 1. The molecule has 24 heavy (non-hydrogen) atoms. The van der Waals surface area contributed by atoms with Crippen LogP contribution in [0.3, 0.4) is 0 Å². The van der Waals surface area contributed by atoms with Crippen LogP contribution in [0.4, 0.5) is 0 Å². The number of fused-ring (bicyclic) bond motifs is 2. The molecule has 2 aromatic rings. The number of nitrogens with zero attached hydrogens (tertiary/aromatic N) is 2. The van der Waals surface area contributed by atoms with E-state index in [-0.39, 0.29) is 12.0 Å². The maximum atomic E-state index is 11.0. The highest BCUT2D eigenvalue weighted by Gasteiger charge is 2.58. The maximum Gasteiger partial charge on any atom is 0.0767 e. The number of hydrogen-bond donors (Lipinski definition) is 1. The molecule has 0 radical (unpaired) electrons. The van der Waals surface area contributed by atoms with Crippen LogP contribution in [-0.2, 0) is 12.1 Å². The predicted octanol–water partition coefficient (Wildman–Crippen LogP) is 3.45. The Balaban J connectivity index is 1.81. The first-order valence-corrected chi connectivity index (χ1v) is 8.69. The van der Waals surface area contributed by atoms with Gasteiger partial charge in [0, 0.05) is 12.6 Å². The van der Waals surface area contributed by atoms with E-state index >= 15 is 0 Å². The van der Waals surface area contributed by atoms with Gasteiger partial charge in [0.25, 0.3) is 0 Å². The van der Waals surface area contributed by atoms with Crippen molar-refractivity contribution in [3.63, 3.8) is 0 Å². The first-order valence-electron chi connectivity index (χ1n) is 8.69. The molecule has 2 aliphatic heterocycles. The molecule has 0 amide bonds. The van der Waals surface area contributed by atoms with Gasteiger partial charge in [0.1, 0.15) is 0 Å². The molecule has 0 aliphatic carbocycles. The van der Waals surface area contributed by atoms with Crippen LogP contribution in [0.1, 0.15) is 30.4 Å². The molecule has 0 spiro atoms. The zero-order chi connectivity index (χ0) is 16.6. The van der Waals surface area contributed by atoms with Crippen molar-refractivity contribution in [2.75, 3.05) is 0 Å². The zero-order valence-electron chi connectivity index (χ0n) is 13.7. The minimum Gasteiger partial charge on any atom is -0.391 e. The quantitative estimate of drug-likeness (QED) is 0.943. The average molecular weight is 318 g/mol. The Morgan fingerprint density at radius 1 is 1.04 bits per heavy atom. The van der Waals surface area contributed by atoms with Crippen LogP contribution in [0.25, 0.3) is 0 Å². The van der Waals surface area contributed by atoms with Crippen LogP contribution >= 0.6 is 0 Å². The van der Waals surface area contributed by atoms with Crippen LogP contribution in [0, 0.1) is 17.2 Å². The highest BCUT2D eigenvalue weighted by molar-refractivity contribution is 5.33. The molecule has 3 heteroatoms. The van der Waals surface area contributed by atoms with Crippen molar-refractivity contribution in [1.82, 2.24) is 4.90 Å². The molecule has 2 bridgehead atoms. The molecule has 4 rings (SSSR count). The SMILES string of the molecule is N#C[C@H]1C[C@@]2(c3ccccc3)C(O)CCC1N2Cc1ccccc1. The van der Waals surface area contributed by atoms with E-state index in [1.807, 2.05) is 24.3 Å². The van der Waals surface area contributed by atoms with Gasteiger partial charge in [-0.2, -0.15) is 5.26 Å². The Morgan fingerprint density at radius 2 is 1.71 bits per heavy atom. The monoisotopic (exact) mass is 318 g/mol. The largest absolute Gasteiger partial charge is 0.391 e. The van der Waals surface area contributed by atoms with Gasteiger partial charge in [-0.1, -0.05) is 60.7 Å². The van der Waals surface area contributed by atoms with Gasteiger partial charge in [0.15, 0.2) is 0 Å². The van der Waals surface area contributed by atoms with Gasteiger partial charge in [0.05, 0.1) is 23.6 Å². The Labute approximate surface area is 143 Å². The smallest absolute Gasteiger partial charge is 0.0767 e. The van der Waals surface area contributed by atoms with E-state index in [1.165, 1.54) is 5.56 Å². The molecule has 0 saturated carbocycles. The lowest BCUT2D eigenvalue weighted by Gasteiger charge is -2.48. The van der Waals surface area contributed by atoms with Crippen LogP contribution in [-0.4, -0.2) is 22.2 Å². The highest BCUT2D eigenvalue weighted by Crippen LogP contribution is 2.53. The lowest BCUT2D eigenvalue weighted by atomic mass is 9.78. The summed E-state index contributed by atoms with van der Waals surface area (Å²) in [5.41, 5.74) is 1.92. The third-order valence-electron chi connectivity index (χ3n) is 5.83. The van der Waals surface area contributed by atoms with E-state index in [0.717, 1.165) is 24.9 Å². The zero-order valence-corrected chi connectivity index (χ0v) is 13.7. The minimum atomic E-state index is -0.444. The Hall–Kier alpha value is -2.15. The van der Waals surface area contributed by atoms with E-state index in [0.29, 0.717) is 6.42 Å². The molecule has 2 saturated heterocycles. The maximum absolute atomic E-state index is 11.0. The third-order valence-corrected chi connectivity index (χ3v) is 5.83. The summed E-state index contributed by atoms with van der Waals surface area (Å²) in [5.74, 6) is -0.0222. The van der Waals surface area contributed by atoms with E-state index < -0.39 is 11.6 Å². The standard InChI is InChI=1S/C21H22N2O/c22-14-17-13-21(18-9-5-2-6-10-18)20(24)12-11-19(17)23(21)15-16-7-3-1-4-8-16/h1-10,17,19-20,24H,11-13,15H2/t17-,19?,20?,21-/m1/s1. The van der Waals surface area contributed by atoms with Crippen molar-refractivity contribution in [2.24, 2.45) is 5.92 Å². The fourth-order valence-electron chi connectivity index (χ4n) is 4.73. The van der Waals surface area contributed by atoms with Crippen molar-refractivity contribution in [3.8, 4) is 6.07 Å². The van der Waals surface area contributed by atoms with Crippen LogP contribution in [0.5, 0.6) is 0 Å². The van der Waals surface area contributed by atoms with Crippen molar-refractivity contribution in [1.29, 1.82) is 5.26 Å². The minimum absolute atomic E-state index is 0.0222. The summed E-state index contributed by atoms with van der Waals surface area (Å²) in [6.45, 7) is 0.773. The van der Waals surface area contributed by atoms with Crippen LogP contribution in [0.15, 0.2) is 60.7 Å². The second kappa shape index (κ2) is 6.05. The molecular weight excluding hydrogens is 296 g/mol. The van der Waals surface area contributed by atoms with Gasteiger partial charge in [-0.25, -0.2) is 0 Å². The molecule has 2 heterocycles. The highest BCUT2D eigenvalue weighted by atomic mass is 16.3. The van der Waals surface area contributed by atoms with Crippen LogP contribution < -0.4 is 0 Å². The second-order valence-electron chi connectivity index (χ2n) is 7.00. The summed E-state index contributed by atoms with van der Waals surface area (Å²) in [6, 6.07) is 23.4. The summed E-state index contributed by atoms with van der Waals surface area (Å²) in [6.07, 6.45) is 1.94. The van der Waals surface area contributed by atoms with E-state index in [4.69, 9.17) is 0 Å². The van der Waals surface area contributed by atoms with Crippen molar-refractivity contribution < 1.29 is 5.11 Å². The number of aliphatic hydroxyl groups is 1. The molecule has 0 aromatic heterocycles. The average Bonchev–Trinajstić information content (AvgIpc) is 2.86. The summed E-state index contributed by atoms with van der Waals surface area (Å²) in [5, 5.41) is 20.7. The molecule has 2 unspecified atom stereocenters. The molecule has 1 N–H and O–H groups in total. The lowest BCUT2D eigenvalue weighted by Crippen LogP contribution is -2.55. The van der Waals surface area contributed by atoms with Gasteiger partial charge < -0.3 is 5.11 Å². The molecule has 122 valence electrons. The Bertz CT molecular complexity index is 739. The van der Waals surface area contributed by atoms with E-state index in [2.05, 4.69) is 47.4 Å². The number of piperidine rings is 1. The number of aliphatic hydroxyl groups excluding tert-OH is 1. The summed E-state index contributed by atoms with van der Waals surface area (Å²) in [4.78, 5) is 2.40. The Kier molecular flexibility index (Phi) is 3.88. The van der Waals surface area contributed by atoms with Crippen LogP contribution in [0.2, 0.25) is 0 Å². The summed E-state index contributed by atoms with van der Waals surface area (Å²) in [7, 11) is 0. The lowest BCUT2D eigenvalue weighted by molar-refractivity contribution is -0.0671. The van der Waals surface area contributed by atoms with Gasteiger partial charge in [-0.3, -0.25) is 4.90 Å². The summed E-state index contributed by atoms with van der Waals surface area (Å²) >= 11 is 0.